The Hall–Kier alpha value is -1.00. The van der Waals surface area contributed by atoms with E-state index in [0.29, 0.717) is 11.5 Å². The lowest BCUT2D eigenvalue weighted by Gasteiger charge is -2.17. The predicted octanol–water partition coefficient (Wildman–Crippen LogP) is 2.91. The van der Waals surface area contributed by atoms with Crippen LogP contribution in [0.25, 0.3) is 0 Å². The Morgan fingerprint density at radius 3 is 2.38 bits per heavy atom. The summed E-state index contributed by atoms with van der Waals surface area (Å²) in [5.41, 5.74) is 3.31. The van der Waals surface area contributed by atoms with E-state index in [1.807, 2.05) is 0 Å². The summed E-state index contributed by atoms with van der Waals surface area (Å²) in [6.45, 7) is 4.22. The van der Waals surface area contributed by atoms with E-state index in [9.17, 15) is 8.78 Å². The van der Waals surface area contributed by atoms with E-state index in [1.165, 1.54) is 6.07 Å². The Labute approximate surface area is 94.8 Å². The fourth-order valence-electron chi connectivity index (χ4n) is 1.58. The summed E-state index contributed by atoms with van der Waals surface area (Å²) in [5.74, 6) is 4.31. The summed E-state index contributed by atoms with van der Waals surface area (Å²) in [7, 11) is 0. The van der Waals surface area contributed by atoms with E-state index < -0.39 is 11.6 Å². The van der Waals surface area contributed by atoms with Gasteiger partial charge in [0.1, 0.15) is 0 Å². The van der Waals surface area contributed by atoms with E-state index >= 15 is 0 Å². The summed E-state index contributed by atoms with van der Waals surface area (Å²) in [5, 5.41) is 0. The van der Waals surface area contributed by atoms with Crippen molar-refractivity contribution in [2.24, 2.45) is 11.8 Å². The van der Waals surface area contributed by atoms with Gasteiger partial charge in [0.2, 0.25) is 0 Å². The Kier molecular flexibility index (Phi) is 4.83. The first-order chi connectivity index (χ1) is 7.54. The molecule has 16 heavy (non-hydrogen) atoms. The first kappa shape index (κ1) is 13.1. The van der Waals surface area contributed by atoms with E-state index in [1.54, 1.807) is 6.07 Å². The average Bonchev–Trinajstić information content (AvgIpc) is 2.23. The van der Waals surface area contributed by atoms with Crippen LogP contribution in [-0.2, 0) is 0 Å². The van der Waals surface area contributed by atoms with Crippen LogP contribution in [0.4, 0.5) is 8.78 Å². The van der Waals surface area contributed by atoms with Crippen molar-refractivity contribution in [1.29, 1.82) is 0 Å². The number of hydrazine groups is 1. The maximum atomic E-state index is 13.0. The van der Waals surface area contributed by atoms with Crippen molar-refractivity contribution in [3.05, 3.63) is 35.4 Å². The van der Waals surface area contributed by atoms with Gasteiger partial charge in [0.25, 0.3) is 0 Å². The maximum Gasteiger partial charge on any atom is 0.159 e. The molecule has 1 rings (SSSR count). The smallest absolute Gasteiger partial charge is 0.159 e. The Bertz CT molecular complexity index is 340. The van der Waals surface area contributed by atoms with Crippen LogP contribution >= 0.6 is 0 Å². The Morgan fingerprint density at radius 1 is 1.19 bits per heavy atom. The van der Waals surface area contributed by atoms with Gasteiger partial charge < -0.3 is 0 Å². The van der Waals surface area contributed by atoms with Crippen LogP contribution in [0, 0.1) is 17.6 Å². The molecule has 1 aromatic carbocycles. The molecule has 0 spiro atoms. The molecule has 0 saturated carbocycles. The topological polar surface area (TPSA) is 38.0 Å². The normalized spacial score (nSPS) is 13.1. The van der Waals surface area contributed by atoms with Gasteiger partial charge in [-0.2, -0.15) is 0 Å². The van der Waals surface area contributed by atoms with Crippen LogP contribution in [0.15, 0.2) is 18.2 Å². The molecule has 0 fully saturated rings. The fourth-order valence-corrected chi connectivity index (χ4v) is 1.58. The lowest BCUT2D eigenvalue weighted by atomic mass is 9.98. The lowest BCUT2D eigenvalue weighted by Crippen LogP contribution is -2.28. The highest BCUT2D eigenvalue weighted by atomic mass is 19.2. The number of nitrogens with one attached hydrogen (secondary N) is 1. The highest BCUT2D eigenvalue weighted by Crippen LogP contribution is 2.21. The highest BCUT2D eigenvalue weighted by Gasteiger charge is 2.12. The number of hydrogen-bond donors (Lipinski definition) is 2. The zero-order valence-electron chi connectivity index (χ0n) is 9.63. The van der Waals surface area contributed by atoms with Gasteiger partial charge >= 0.3 is 0 Å². The second-order valence-electron chi connectivity index (χ2n) is 4.36. The summed E-state index contributed by atoms with van der Waals surface area (Å²) < 4.78 is 25.8. The standard InChI is InChI=1S/C12H18F2N2/c1-8(2)3-6-12(16-15)9-4-5-10(13)11(14)7-9/h4-5,7-8,12,16H,3,6,15H2,1-2H3. The van der Waals surface area contributed by atoms with Crippen molar-refractivity contribution in [2.75, 3.05) is 0 Å². The minimum absolute atomic E-state index is 0.127. The molecule has 0 aromatic heterocycles. The molecule has 2 nitrogen and oxygen atoms in total. The summed E-state index contributed by atoms with van der Waals surface area (Å²) >= 11 is 0. The Balaban J connectivity index is 2.74. The van der Waals surface area contributed by atoms with Crippen molar-refractivity contribution in [2.45, 2.75) is 32.7 Å². The van der Waals surface area contributed by atoms with Gasteiger partial charge in [0.05, 0.1) is 0 Å². The van der Waals surface area contributed by atoms with Gasteiger partial charge in [-0.25, -0.2) is 8.78 Å². The third-order valence-electron chi connectivity index (χ3n) is 2.58. The number of rotatable bonds is 5. The van der Waals surface area contributed by atoms with Gasteiger partial charge in [-0.15, -0.1) is 0 Å². The third-order valence-corrected chi connectivity index (χ3v) is 2.58. The molecule has 0 heterocycles. The molecule has 0 saturated heterocycles. The summed E-state index contributed by atoms with van der Waals surface area (Å²) in [6.07, 6.45) is 1.78. The van der Waals surface area contributed by atoms with Crippen LogP contribution in [0.1, 0.15) is 38.3 Å². The quantitative estimate of drug-likeness (QED) is 0.600. The monoisotopic (exact) mass is 228 g/mol. The van der Waals surface area contributed by atoms with Gasteiger partial charge in [-0.1, -0.05) is 19.9 Å². The summed E-state index contributed by atoms with van der Waals surface area (Å²) in [6, 6.07) is 3.76. The van der Waals surface area contributed by atoms with Gasteiger partial charge in [-0.05, 0) is 36.5 Å². The number of hydrogen-bond acceptors (Lipinski definition) is 2. The van der Waals surface area contributed by atoms with Crippen LogP contribution in [0.5, 0.6) is 0 Å². The van der Waals surface area contributed by atoms with E-state index in [0.717, 1.165) is 18.9 Å². The molecule has 0 amide bonds. The maximum absolute atomic E-state index is 13.0. The molecule has 3 N–H and O–H groups in total. The van der Waals surface area contributed by atoms with E-state index in [-0.39, 0.29) is 6.04 Å². The van der Waals surface area contributed by atoms with Crippen LogP contribution < -0.4 is 11.3 Å². The molecule has 1 atom stereocenters. The molecule has 4 heteroatoms. The molecule has 1 aromatic rings. The van der Waals surface area contributed by atoms with Crippen molar-refractivity contribution < 1.29 is 8.78 Å². The van der Waals surface area contributed by atoms with Crippen LogP contribution in [0.3, 0.4) is 0 Å². The summed E-state index contributed by atoms with van der Waals surface area (Å²) in [4.78, 5) is 0. The zero-order chi connectivity index (χ0) is 12.1. The van der Waals surface area contributed by atoms with Crippen molar-refractivity contribution >= 4 is 0 Å². The highest BCUT2D eigenvalue weighted by molar-refractivity contribution is 5.21. The van der Waals surface area contributed by atoms with Crippen LogP contribution in [0.2, 0.25) is 0 Å². The van der Waals surface area contributed by atoms with Crippen molar-refractivity contribution in [3.63, 3.8) is 0 Å². The minimum Gasteiger partial charge on any atom is -0.271 e. The van der Waals surface area contributed by atoms with Gasteiger partial charge in [0, 0.05) is 6.04 Å². The number of benzene rings is 1. The molecule has 0 radical (unpaired) electrons. The first-order valence-corrected chi connectivity index (χ1v) is 5.45. The van der Waals surface area contributed by atoms with E-state index in [4.69, 9.17) is 5.84 Å². The molecule has 1 unspecified atom stereocenters. The first-order valence-electron chi connectivity index (χ1n) is 5.45. The lowest BCUT2D eigenvalue weighted by molar-refractivity contribution is 0.443. The SMILES string of the molecule is CC(C)CCC(NN)c1ccc(F)c(F)c1. The average molecular weight is 228 g/mol. The minimum atomic E-state index is -0.831. The van der Waals surface area contributed by atoms with Crippen LogP contribution in [-0.4, -0.2) is 0 Å². The third kappa shape index (κ3) is 3.54. The molecule has 0 aliphatic carbocycles. The molecule has 0 aliphatic heterocycles. The fraction of sp³-hybridized carbons (Fsp3) is 0.500. The molecular weight excluding hydrogens is 210 g/mol. The number of nitrogens with two attached hydrogens (primary N) is 1. The van der Waals surface area contributed by atoms with Gasteiger partial charge in [0.15, 0.2) is 11.6 Å². The molecular formula is C12H18F2N2. The van der Waals surface area contributed by atoms with Crippen molar-refractivity contribution in [3.8, 4) is 0 Å². The molecule has 90 valence electrons. The zero-order valence-corrected chi connectivity index (χ0v) is 9.63. The van der Waals surface area contributed by atoms with Gasteiger partial charge in [-0.3, -0.25) is 11.3 Å². The van der Waals surface area contributed by atoms with Crippen molar-refractivity contribution in [1.82, 2.24) is 5.43 Å². The Morgan fingerprint density at radius 2 is 1.88 bits per heavy atom. The predicted molar refractivity (Wildman–Crippen MR) is 60.5 cm³/mol. The second kappa shape index (κ2) is 5.92. The molecule has 0 aliphatic rings. The van der Waals surface area contributed by atoms with E-state index in [2.05, 4.69) is 19.3 Å². The number of halogens is 2. The largest absolute Gasteiger partial charge is 0.271 e. The second-order valence-corrected chi connectivity index (χ2v) is 4.36. The molecule has 0 bridgehead atoms.